The van der Waals surface area contributed by atoms with Crippen molar-refractivity contribution in [2.24, 2.45) is 0 Å². The summed E-state index contributed by atoms with van der Waals surface area (Å²) in [6.45, 7) is 7.34. The summed E-state index contributed by atoms with van der Waals surface area (Å²) in [4.78, 5) is 40.0. The number of nitrogens with zero attached hydrogens (tertiary/aromatic N) is 1. The number of benzene rings is 1. The number of carbonyl (C=O) groups is 3. The van der Waals surface area contributed by atoms with E-state index < -0.39 is 6.03 Å². The van der Waals surface area contributed by atoms with Crippen molar-refractivity contribution < 1.29 is 14.4 Å². The fourth-order valence-electron chi connectivity index (χ4n) is 2.97. The van der Waals surface area contributed by atoms with Crippen LogP contribution in [0.5, 0.6) is 0 Å². The van der Waals surface area contributed by atoms with Crippen LogP contribution in [-0.4, -0.2) is 42.4 Å². The van der Waals surface area contributed by atoms with E-state index in [0.717, 1.165) is 4.88 Å². The summed E-state index contributed by atoms with van der Waals surface area (Å²) in [5.41, 5.74) is 0.720. The van der Waals surface area contributed by atoms with Crippen LogP contribution in [0.15, 0.2) is 30.3 Å². The van der Waals surface area contributed by atoms with E-state index in [2.05, 4.69) is 36.7 Å². The molecule has 4 amide bonds. The van der Waals surface area contributed by atoms with E-state index >= 15 is 0 Å². The Morgan fingerprint density at radius 1 is 1.17 bits per heavy atom. The average Bonchev–Trinajstić information content (AvgIpc) is 2.97. The lowest BCUT2D eigenvalue weighted by molar-refractivity contribution is -0.120. The van der Waals surface area contributed by atoms with Crippen molar-refractivity contribution in [3.63, 3.8) is 0 Å². The molecule has 3 rings (SSSR count). The van der Waals surface area contributed by atoms with Gasteiger partial charge in [0.25, 0.3) is 5.91 Å². The zero-order valence-corrected chi connectivity index (χ0v) is 18.7. The molecule has 3 N–H and O–H groups in total. The first-order valence-corrected chi connectivity index (χ1v) is 10.9. The van der Waals surface area contributed by atoms with Gasteiger partial charge in [0.1, 0.15) is 5.00 Å². The number of hydrogen-bond donors (Lipinski definition) is 3. The van der Waals surface area contributed by atoms with E-state index in [1.807, 2.05) is 6.07 Å². The SMILES string of the molecule is CC(C)(C)c1cc(C(=O)N2CCNC(=O)CC2)c(NC(=O)Nc2ccccc2Cl)s1. The number of nitrogens with one attached hydrogen (secondary N) is 3. The van der Waals surface area contributed by atoms with E-state index in [1.54, 1.807) is 29.2 Å². The molecule has 9 heteroatoms. The highest BCUT2D eigenvalue weighted by Gasteiger charge is 2.28. The van der Waals surface area contributed by atoms with Gasteiger partial charge in [-0.3, -0.25) is 14.9 Å². The molecule has 0 saturated carbocycles. The minimum Gasteiger partial charge on any atom is -0.354 e. The maximum absolute atomic E-state index is 13.2. The van der Waals surface area contributed by atoms with E-state index in [9.17, 15) is 14.4 Å². The molecule has 1 saturated heterocycles. The lowest BCUT2D eigenvalue weighted by Crippen LogP contribution is -2.34. The second-order valence-corrected chi connectivity index (χ2v) is 9.51. The Morgan fingerprint density at radius 3 is 2.60 bits per heavy atom. The van der Waals surface area contributed by atoms with Crippen LogP contribution in [0.1, 0.15) is 42.4 Å². The van der Waals surface area contributed by atoms with Crippen molar-refractivity contribution in [3.05, 3.63) is 45.8 Å². The van der Waals surface area contributed by atoms with Crippen LogP contribution in [0.4, 0.5) is 15.5 Å². The van der Waals surface area contributed by atoms with Gasteiger partial charge in [-0.2, -0.15) is 0 Å². The Bertz CT molecular complexity index is 967. The fraction of sp³-hybridized carbons (Fsp3) is 0.381. The summed E-state index contributed by atoms with van der Waals surface area (Å²) in [5.74, 6) is -0.269. The molecule has 2 aromatic rings. The Hall–Kier alpha value is -2.58. The number of hydrogen-bond acceptors (Lipinski definition) is 4. The van der Waals surface area contributed by atoms with Gasteiger partial charge in [-0.25, -0.2) is 4.79 Å². The van der Waals surface area contributed by atoms with Crippen molar-refractivity contribution >= 4 is 51.5 Å². The molecule has 1 aromatic heterocycles. The molecule has 0 spiro atoms. The standard InChI is InChI=1S/C21H25ClN4O3S/c1-21(2,3)16-12-13(19(28)26-10-8-17(27)23-9-11-26)18(30-16)25-20(29)24-15-7-5-4-6-14(15)22/h4-7,12H,8-11H2,1-3H3,(H,23,27)(H2,24,25,29). The average molecular weight is 449 g/mol. The van der Waals surface area contributed by atoms with Gasteiger partial charge in [-0.05, 0) is 23.6 Å². The molecule has 0 unspecified atom stereocenters. The maximum Gasteiger partial charge on any atom is 0.324 e. The highest BCUT2D eigenvalue weighted by atomic mass is 35.5. The number of anilines is 2. The van der Waals surface area contributed by atoms with Crippen molar-refractivity contribution in [3.8, 4) is 0 Å². The first-order chi connectivity index (χ1) is 14.1. The van der Waals surface area contributed by atoms with Crippen molar-refractivity contribution in [2.45, 2.75) is 32.6 Å². The van der Waals surface area contributed by atoms with Crippen molar-refractivity contribution in [1.29, 1.82) is 0 Å². The summed E-state index contributed by atoms with van der Waals surface area (Å²) in [6.07, 6.45) is 0.262. The van der Waals surface area contributed by atoms with Crippen LogP contribution >= 0.6 is 22.9 Å². The smallest absolute Gasteiger partial charge is 0.324 e. The Labute approximate surface area is 184 Å². The molecule has 1 aliphatic rings. The third kappa shape index (κ3) is 5.31. The molecule has 7 nitrogen and oxygen atoms in total. The van der Waals surface area contributed by atoms with Crippen LogP contribution in [0.25, 0.3) is 0 Å². The quantitative estimate of drug-likeness (QED) is 0.653. The molecule has 1 aromatic carbocycles. The molecule has 30 heavy (non-hydrogen) atoms. The molecule has 0 aliphatic carbocycles. The predicted molar refractivity (Wildman–Crippen MR) is 121 cm³/mol. The van der Waals surface area contributed by atoms with E-state index in [1.165, 1.54) is 11.3 Å². The molecule has 0 radical (unpaired) electrons. The first kappa shape index (κ1) is 22.1. The normalized spacial score (nSPS) is 14.7. The Balaban J connectivity index is 1.84. The van der Waals surface area contributed by atoms with Crippen molar-refractivity contribution in [1.82, 2.24) is 10.2 Å². The number of para-hydroxylation sites is 1. The minimum absolute atomic E-state index is 0.0662. The third-order valence-electron chi connectivity index (χ3n) is 4.65. The molecular formula is C21H25ClN4O3S. The second-order valence-electron chi connectivity index (χ2n) is 8.05. The monoisotopic (exact) mass is 448 g/mol. The van der Waals surface area contributed by atoms with Gasteiger partial charge >= 0.3 is 6.03 Å². The highest BCUT2D eigenvalue weighted by molar-refractivity contribution is 7.16. The number of halogens is 1. The molecule has 2 heterocycles. The van der Waals surface area contributed by atoms with E-state index in [4.69, 9.17) is 11.6 Å². The molecule has 160 valence electrons. The zero-order chi connectivity index (χ0) is 21.9. The van der Waals surface area contributed by atoms with Crippen LogP contribution in [-0.2, 0) is 10.2 Å². The molecule has 1 fully saturated rings. The Morgan fingerprint density at radius 2 is 1.90 bits per heavy atom. The van der Waals surface area contributed by atoms with Crippen LogP contribution in [0.3, 0.4) is 0 Å². The molecule has 1 aliphatic heterocycles. The number of carbonyl (C=O) groups excluding carboxylic acids is 3. The lowest BCUT2D eigenvalue weighted by Gasteiger charge is -2.20. The molecule has 0 atom stereocenters. The van der Waals surface area contributed by atoms with Gasteiger partial charge in [0.2, 0.25) is 5.91 Å². The van der Waals surface area contributed by atoms with E-state index in [0.29, 0.717) is 40.9 Å². The first-order valence-electron chi connectivity index (χ1n) is 9.68. The maximum atomic E-state index is 13.2. The highest BCUT2D eigenvalue weighted by Crippen LogP contribution is 2.37. The summed E-state index contributed by atoms with van der Waals surface area (Å²) in [6, 6.07) is 8.28. The summed E-state index contributed by atoms with van der Waals surface area (Å²) in [7, 11) is 0. The Kier molecular flexibility index (Phi) is 6.67. The number of amides is 4. The van der Waals surface area contributed by atoms with Gasteiger partial charge in [0.15, 0.2) is 0 Å². The lowest BCUT2D eigenvalue weighted by atomic mass is 9.94. The number of rotatable bonds is 3. The van der Waals surface area contributed by atoms with Gasteiger partial charge in [-0.15, -0.1) is 11.3 Å². The number of urea groups is 1. The summed E-state index contributed by atoms with van der Waals surface area (Å²) < 4.78 is 0. The van der Waals surface area contributed by atoms with Crippen LogP contribution in [0, 0.1) is 0 Å². The summed E-state index contributed by atoms with van der Waals surface area (Å²) >= 11 is 7.48. The van der Waals surface area contributed by atoms with Gasteiger partial charge in [0.05, 0.1) is 16.3 Å². The predicted octanol–water partition coefficient (Wildman–Crippen LogP) is 4.31. The van der Waals surface area contributed by atoms with Crippen LogP contribution in [0.2, 0.25) is 5.02 Å². The van der Waals surface area contributed by atoms with Crippen LogP contribution < -0.4 is 16.0 Å². The largest absolute Gasteiger partial charge is 0.354 e. The van der Waals surface area contributed by atoms with Gasteiger partial charge in [0, 0.05) is 30.9 Å². The molecular weight excluding hydrogens is 424 g/mol. The minimum atomic E-state index is -0.479. The van der Waals surface area contributed by atoms with E-state index in [-0.39, 0.29) is 23.7 Å². The van der Waals surface area contributed by atoms with Gasteiger partial charge in [-0.1, -0.05) is 44.5 Å². The second kappa shape index (κ2) is 9.06. The van der Waals surface area contributed by atoms with Crippen molar-refractivity contribution in [2.75, 3.05) is 30.3 Å². The van der Waals surface area contributed by atoms with Gasteiger partial charge < -0.3 is 15.5 Å². The zero-order valence-electron chi connectivity index (χ0n) is 17.2. The summed E-state index contributed by atoms with van der Waals surface area (Å²) in [5, 5.41) is 9.18. The number of thiophene rings is 1. The topological polar surface area (TPSA) is 90.5 Å². The molecule has 0 bridgehead atoms. The fourth-order valence-corrected chi connectivity index (χ4v) is 4.26. The third-order valence-corrected chi connectivity index (χ3v) is 6.46.